The predicted octanol–water partition coefficient (Wildman–Crippen LogP) is 16.6. The van der Waals surface area contributed by atoms with E-state index in [1.165, 1.54) is 128 Å². The van der Waals surface area contributed by atoms with Crippen LogP contribution in [-0.4, -0.2) is 37.2 Å². The van der Waals surface area contributed by atoms with Crippen LogP contribution < -0.4 is 0 Å². The van der Waals surface area contributed by atoms with Gasteiger partial charge in [-0.25, -0.2) is 0 Å². The fourth-order valence-electron chi connectivity index (χ4n) is 7.00. The highest BCUT2D eigenvalue weighted by Gasteiger charge is 2.19. The second-order valence-electron chi connectivity index (χ2n) is 16.8. The van der Waals surface area contributed by atoms with Crippen LogP contribution in [0.15, 0.2) is 72.9 Å². The van der Waals surface area contributed by atoms with E-state index in [1.54, 1.807) is 0 Å². The Morgan fingerprint density at radius 3 is 1.11 bits per heavy atom. The van der Waals surface area contributed by atoms with Gasteiger partial charge < -0.3 is 14.2 Å². The van der Waals surface area contributed by atoms with Crippen LogP contribution in [0.2, 0.25) is 0 Å². The van der Waals surface area contributed by atoms with Crippen molar-refractivity contribution in [2.24, 2.45) is 0 Å². The average Bonchev–Trinajstić information content (AvgIpc) is 3.26. The Labute approximate surface area is 376 Å². The molecule has 0 saturated carbocycles. The minimum absolute atomic E-state index is 0.102. The van der Waals surface area contributed by atoms with Crippen molar-refractivity contribution in [3.63, 3.8) is 0 Å². The van der Waals surface area contributed by atoms with E-state index in [-0.39, 0.29) is 37.5 Å². The van der Waals surface area contributed by atoms with Gasteiger partial charge in [0, 0.05) is 19.3 Å². The molecule has 61 heavy (non-hydrogen) atoms. The van der Waals surface area contributed by atoms with Crippen molar-refractivity contribution < 1.29 is 28.6 Å². The summed E-state index contributed by atoms with van der Waals surface area (Å²) in [5.41, 5.74) is 0. The summed E-state index contributed by atoms with van der Waals surface area (Å²) in [6, 6.07) is 0. The van der Waals surface area contributed by atoms with E-state index in [0.29, 0.717) is 19.3 Å². The molecular weight excluding hydrogens is 757 g/mol. The van der Waals surface area contributed by atoms with Crippen molar-refractivity contribution in [1.29, 1.82) is 0 Å². The minimum Gasteiger partial charge on any atom is -0.462 e. The van der Waals surface area contributed by atoms with Gasteiger partial charge in [0.15, 0.2) is 6.10 Å². The molecule has 0 aliphatic heterocycles. The van der Waals surface area contributed by atoms with Crippen LogP contribution in [0, 0.1) is 0 Å². The van der Waals surface area contributed by atoms with Crippen molar-refractivity contribution in [2.75, 3.05) is 13.2 Å². The second kappa shape index (κ2) is 49.5. The number of carbonyl (C=O) groups excluding carboxylic acids is 3. The lowest BCUT2D eigenvalue weighted by Crippen LogP contribution is -2.30. The zero-order valence-electron chi connectivity index (χ0n) is 39.9. The zero-order chi connectivity index (χ0) is 44.4. The normalized spacial score (nSPS) is 12.6. The number of carbonyl (C=O) groups is 3. The van der Waals surface area contributed by atoms with Crippen LogP contribution in [0.5, 0.6) is 0 Å². The smallest absolute Gasteiger partial charge is 0.306 e. The van der Waals surface area contributed by atoms with Gasteiger partial charge in [0.1, 0.15) is 13.2 Å². The SMILES string of the molecule is CC/C=C/C=C/C=C/C=C/C=C/CCCC(=O)OCC(COC(=O)CCCCCCCCCCCCCCCCCC)OC(=O)CCCCC/C=C/CCCCCCCCC. The number of ether oxygens (including phenoxy) is 3. The molecule has 0 aliphatic carbocycles. The van der Waals surface area contributed by atoms with Crippen LogP contribution in [0.1, 0.15) is 239 Å². The van der Waals surface area contributed by atoms with Gasteiger partial charge in [-0.3, -0.25) is 14.4 Å². The molecule has 0 aromatic rings. The maximum Gasteiger partial charge on any atom is 0.306 e. The number of hydrogen-bond donors (Lipinski definition) is 0. The van der Waals surface area contributed by atoms with E-state index >= 15 is 0 Å². The van der Waals surface area contributed by atoms with Crippen molar-refractivity contribution in [1.82, 2.24) is 0 Å². The molecule has 0 heterocycles. The summed E-state index contributed by atoms with van der Waals surface area (Å²) in [7, 11) is 0. The largest absolute Gasteiger partial charge is 0.462 e. The van der Waals surface area contributed by atoms with E-state index in [0.717, 1.165) is 64.2 Å². The van der Waals surface area contributed by atoms with E-state index < -0.39 is 6.10 Å². The van der Waals surface area contributed by atoms with Gasteiger partial charge in [-0.1, -0.05) is 235 Å². The van der Waals surface area contributed by atoms with Crippen molar-refractivity contribution in [3.05, 3.63) is 72.9 Å². The highest BCUT2D eigenvalue weighted by Crippen LogP contribution is 2.15. The van der Waals surface area contributed by atoms with Crippen LogP contribution >= 0.6 is 0 Å². The van der Waals surface area contributed by atoms with Gasteiger partial charge in [0.25, 0.3) is 0 Å². The number of esters is 3. The molecule has 6 nitrogen and oxygen atoms in total. The third-order valence-corrected chi connectivity index (χ3v) is 10.8. The number of unbranched alkanes of at least 4 members (excludes halogenated alkanes) is 26. The lowest BCUT2D eigenvalue weighted by molar-refractivity contribution is -0.167. The summed E-state index contributed by atoms with van der Waals surface area (Å²) in [6.07, 6.45) is 61.8. The Kier molecular flexibility index (Phi) is 46.9. The van der Waals surface area contributed by atoms with Gasteiger partial charge in [-0.2, -0.15) is 0 Å². The summed E-state index contributed by atoms with van der Waals surface area (Å²) in [6.45, 7) is 6.42. The molecule has 1 unspecified atom stereocenters. The highest BCUT2D eigenvalue weighted by molar-refractivity contribution is 5.71. The second-order valence-corrected chi connectivity index (χ2v) is 16.8. The quantitative estimate of drug-likeness (QED) is 0.0200. The monoisotopic (exact) mass is 851 g/mol. The maximum absolute atomic E-state index is 12.8. The first-order valence-electron chi connectivity index (χ1n) is 25.5. The molecule has 6 heteroatoms. The maximum atomic E-state index is 12.8. The molecule has 0 radical (unpaired) electrons. The molecule has 0 spiro atoms. The fraction of sp³-hybridized carbons (Fsp3) is 0.727. The summed E-state index contributed by atoms with van der Waals surface area (Å²) >= 11 is 0. The van der Waals surface area contributed by atoms with Gasteiger partial charge in [-0.15, -0.1) is 0 Å². The van der Waals surface area contributed by atoms with E-state index in [1.807, 2.05) is 54.7 Å². The number of rotatable bonds is 45. The van der Waals surface area contributed by atoms with Crippen LogP contribution in [-0.2, 0) is 28.6 Å². The van der Waals surface area contributed by atoms with Crippen molar-refractivity contribution in [2.45, 2.75) is 245 Å². The Morgan fingerprint density at radius 2 is 0.672 bits per heavy atom. The molecule has 0 rings (SSSR count). The number of allylic oxidation sites excluding steroid dienone is 12. The first-order chi connectivity index (χ1) is 30.0. The Bertz CT molecular complexity index is 1160. The Morgan fingerprint density at radius 1 is 0.344 bits per heavy atom. The highest BCUT2D eigenvalue weighted by atomic mass is 16.6. The van der Waals surface area contributed by atoms with Crippen LogP contribution in [0.3, 0.4) is 0 Å². The number of hydrogen-bond acceptors (Lipinski definition) is 6. The van der Waals surface area contributed by atoms with Crippen molar-refractivity contribution in [3.8, 4) is 0 Å². The van der Waals surface area contributed by atoms with Gasteiger partial charge in [0.05, 0.1) is 0 Å². The average molecular weight is 851 g/mol. The molecule has 0 aromatic heterocycles. The van der Waals surface area contributed by atoms with Gasteiger partial charge in [0.2, 0.25) is 0 Å². The molecular formula is C55H94O6. The third kappa shape index (κ3) is 47.7. The predicted molar refractivity (Wildman–Crippen MR) is 261 cm³/mol. The zero-order valence-corrected chi connectivity index (χ0v) is 39.9. The van der Waals surface area contributed by atoms with Crippen LogP contribution in [0.25, 0.3) is 0 Å². The summed E-state index contributed by atoms with van der Waals surface area (Å²) < 4.78 is 16.7. The molecule has 0 N–H and O–H groups in total. The van der Waals surface area contributed by atoms with Crippen molar-refractivity contribution >= 4 is 17.9 Å². The Hall–Kier alpha value is -3.15. The molecule has 1 atom stereocenters. The van der Waals surface area contributed by atoms with E-state index in [2.05, 4.69) is 39.0 Å². The topological polar surface area (TPSA) is 78.9 Å². The molecule has 0 saturated heterocycles. The molecule has 0 fully saturated rings. The fourth-order valence-corrected chi connectivity index (χ4v) is 7.00. The standard InChI is InChI=1S/C55H94O6/c1-4-7-10-13-16-19-22-25-27-28-31-33-36-39-42-45-48-54(57)60-51-52(50-59-53(56)47-44-41-38-35-32-29-24-21-18-15-12-9-6-3)61-55(58)49-46-43-40-37-34-30-26-23-20-17-14-11-8-5-2/h9,12,15,18,21,24,29-30,32,34-35,38,52H,4-8,10-11,13-14,16-17,19-20,22-23,25-28,31,33,36-37,39-51H2,1-3H3/b12-9+,18-15+,24-21+,32-29+,34-30+,38-35+. The van der Waals surface area contributed by atoms with Gasteiger partial charge in [-0.05, 0) is 57.8 Å². The summed E-state index contributed by atoms with van der Waals surface area (Å²) in [5, 5.41) is 0. The molecule has 350 valence electrons. The third-order valence-electron chi connectivity index (χ3n) is 10.8. The first kappa shape index (κ1) is 57.9. The lowest BCUT2D eigenvalue weighted by Gasteiger charge is -2.18. The Balaban J connectivity index is 4.47. The molecule has 0 aliphatic rings. The summed E-state index contributed by atoms with van der Waals surface area (Å²) in [5.74, 6) is -0.993. The van der Waals surface area contributed by atoms with E-state index in [9.17, 15) is 14.4 Å². The molecule has 0 bridgehead atoms. The van der Waals surface area contributed by atoms with Gasteiger partial charge >= 0.3 is 17.9 Å². The van der Waals surface area contributed by atoms with E-state index in [4.69, 9.17) is 14.2 Å². The van der Waals surface area contributed by atoms with Crippen LogP contribution in [0.4, 0.5) is 0 Å². The lowest BCUT2D eigenvalue weighted by atomic mass is 10.0. The molecule has 0 aromatic carbocycles. The molecule has 0 amide bonds. The minimum atomic E-state index is -0.809. The summed E-state index contributed by atoms with van der Waals surface area (Å²) in [4.78, 5) is 37.9. The first-order valence-corrected chi connectivity index (χ1v) is 25.5.